The number of aliphatic hydroxyl groups excluding tert-OH is 2. The second kappa shape index (κ2) is 20.8. The van der Waals surface area contributed by atoms with Crippen LogP contribution >= 0.6 is 0 Å². The summed E-state index contributed by atoms with van der Waals surface area (Å²) in [5.41, 5.74) is 3.73. The van der Waals surface area contributed by atoms with Gasteiger partial charge in [-0.05, 0) is 114 Å². The van der Waals surface area contributed by atoms with Gasteiger partial charge in [0.1, 0.15) is 23.9 Å². The molecule has 5 aromatic carbocycles. The molecule has 1 heterocycles. The Balaban J connectivity index is 1.31. The molecule has 1 amide bonds. The molecule has 0 radical (unpaired) electrons. The Labute approximate surface area is 387 Å². The van der Waals surface area contributed by atoms with Crippen LogP contribution in [0.5, 0.6) is 17.2 Å². The number of benzene rings is 5. The van der Waals surface area contributed by atoms with Gasteiger partial charge >= 0.3 is 0 Å². The molecule has 13 heteroatoms. The number of oxime groups is 1. The minimum absolute atomic E-state index is 0.0130. The summed E-state index contributed by atoms with van der Waals surface area (Å²) in [6.45, 7) is 5.78. The van der Waals surface area contributed by atoms with Crippen molar-refractivity contribution in [1.29, 1.82) is 0 Å². The summed E-state index contributed by atoms with van der Waals surface area (Å²) >= 11 is 0. The molecule has 0 bridgehead atoms. The molecule has 1 aliphatic heterocycles. The Morgan fingerprint density at radius 1 is 0.894 bits per heavy atom. The van der Waals surface area contributed by atoms with Crippen LogP contribution in [0, 0.1) is 17.8 Å². The molecule has 5 aromatic rings. The molecule has 6 atom stereocenters. The minimum atomic E-state index is -4.25. The van der Waals surface area contributed by atoms with Crippen molar-refractivity contribution in [3.63, 3.8) is 0 Å². The number of hydrogen-bond donors (Lipinski definition) is 3. The molecular formula is C53H59N3O9S. The van der Waals surface area contributed by atoms with Crippen molar-refractivity contribution in [2.24, 2.45) is 22.9 Å². The van der Waals surface area contributed by atoms with Gasteiger partial charge in [-0.15, -0.1) is 6.58 Å². The number of carbonyl (C=O) groups is 1. The van der Waals surface area contributed by atoms with Crippen LogP contribution in [-0.2, 0) is 31.0 Å². The highest BCUT2D eigenvalue weighted by molar-refractivity contribution is 7.89. The third-order valence-corrected chi connectivity index (χ3v) is 15.0. The van der Waals surface area contributed by atoms with Crippen LogP contribution in [0.2, 0.25) is 0 Å². The Hall–Kier alpha value is -5.83. The highest BCUT2D eigenvalue weighted by atomic mass is 32.2. The number of allylic oxidation sites excluding steroid dienone is 1. The van der Waals surface area contributed by atoms with Gasteiger partial charge in [-0.2, -0.15) is 4.31 Å². The zero-order valence-electron chi connectivity index (χ0n) is 37.6. The lowest BCUT2D eigenvalue weighted by Gasteiger charge is -2.59. The quantitative estimate of drug-likeness (QED) is 0.0393. The predicted octanol–water partition coefficient (Wildman–Crippen LogP) is 9.75. The third-order valence-electron chi connectivity index (χ3n) is 13.1. The number of ether oxygens (including phenoxy) is 3. The van der Waals surface area contributed by atoms with Gasteiger partial charge in [0.15, 0.2) is 0 Å². The number of nitrogens with one attached hydrogen (secondary N) is 1. The topological polar surface area (TPSA) is 156 Å². The molecule has 346 valence electrons. The number of aliphatic hydroxyl groups is 2. The fourth-order valence-electron chi connectivity index (χ4n) is 10.1. The number of fused-ring (bicyclic) bond motifs is 3. The van der Waals surface area contributed by atoms with Gasteiger partial charge in [-0.25, -0.2) is 8.42 Å². The molecule has 2 aliphatic carbocycles. The van der Waals surface area contributed by atoms with E-state index in [1.807, 2.05) is 78.9 Å². The molecule has 0 saturated heterocycles. The predicted molar refractivity (Wildman–Crippen MR) is 256 cm³/mol. The Morgan fingerprint density at radius 3 is 2.32 bits per heavy atom. The van der Waals surface area contributed by atoms with Crippen LogP contribution < -0.4 is 14.8 Å². The summed E-state index contributed by atoms with van der Waals surface area (Å²) in [4.78, 5) is 18.0. The summed E-state index contributed by atoms with van der Waals surface area (Å²) in [6.07, 6.45) is 8.32. The number of amides is 1. The van der Waals surface area contributed by atoms with Crippen molar-refractivity contribution in [2.75, 3.05) is 32.2 Å². The van der Waals surface area contributed by atoms with Gasteiger partial charge in [0.05, 0.1) is 29.2 Å². The van der Waals surface area contributed by atoms with Gasteiger partial charge < -0.3 is 34.6 Å². The van der Waals surface area contributed by atoms with Crippen molar-refractivity contribution in [3.8, 4) is 17.2 Å². The highest BCUT2D eigenvalue weighted by Gasteiger charge is 2.65. The maximum absolute atomic E-state index is 15.0. The van der Waals surface area contributed by atoms with E-state index in [1.165, 1.54) is 23.4 Å². The summed E-state index contributed by atoms with van der Waals surface area (Å²) in [7, 11) is -2.70. The average molecular weight is 914 g/mol. The lowest BCUT2D eigenvalue weighted by Crippen LogP contribution is -2.69. The number of anilines is 1. The summed E-state index contributed by atoms with van der Waals surface area (Å²) in [5.74, 6) is -0.959. The molecule has 3 aliphatic rings. The first-order chi connectivity index (χ1) is 32.1. The average Bonchev–Trinajstić information content (AvgIpc) is 3.32. The van der Waals surface area contributed by atoms with Crippen molar-refractivity contribution in [1.82, 2.24) is 4.31 Å². The molecule has 12 nitrogen and oxygen atoms in total. The third kappa shape index (κ3) is 9.82. The largest absolute Gasteiger partial charge is 0.460 e. The van der Waals surface area contributed by atoms with Crippen LogP contribution in [0.3, 0.4) is 0 Å². The van der Waals surface area contributed by atoms with E-state index in [-0.39, 0.29) is 61.4 Å². The zero-order valence-corrected chi connectivity index (χ0v) is 38.4. The second-order valence-electron chi connectivity index (χ2n) is 17.4. The van der Waals surface area contributed by atoms with E-state index >= 15 is 0 Å². The van der Waals surface area contributed by atoms with E-state index < -0.39 is 27.8 Å². The van der Waals surface area contributed by atoms with Crippen LogP contribution in [0.1, 0.15) is 68.9 Å². The van der Waals surface area contributed by atoms with Gasteiger partial charge in [-0.3, -0.25) is 4.79 Å². The number of nitrogens with zero attached hydrogens (tertiary/aromatic N) is 2. The smallest absolute Gasteiger partial charge is 0.243 e. The molecule has 3 N–H and O–H groups in total. The lowest BCUT2D eigenvalue weighted by atomic mass is 9.55. The monoisotopic (exact) mass is 913 g/mol. The fourth-order valence-corrected chi connectivity index (χ4v) is 11.5. The number of carbonyl (C=O) groups excluding carboxylic acids is 1. The van der Waals surface area contributed by atoms with E-state index in [0.29, 0.717) is 41.5 Å². The highest BCUT2D eigenvalue weighted by Crippen LogP contribution is 2.62. The summed E-state index contributed by atoms with van der Waals surface area (Å²) < 4.78 is 52.2. The number of likely N-dealkylation sites (N-methyl/N-ethyl adjacent to an activating group) is 1. The van der Waals surface area contributed by atoms with E-state index in [9.17, 15) is 23.4 Å². The Morgan fingerprint density at radius 2 is 1.59 bits per heavy atom. The molecule has 66 heavy (non-hydrogen) atoms. The lowest BCUT2D eigenvalue weighted by molar-refractivity contribution is -0.250. The Bertz CT molecular complexity index is 2670. The van der Waals surface area contributed by atoms with Crippen LogP contribution in [0.4, 0.5) is 5.69 Å². The second-order valence-corrected chi connectivity index (χ2v) is 19.4. The van der Waals surface area contributed by atoms with E-state index in [1.54, 1.807) is 25.3 Å². The SMILES string of the molecule is C=CCOC12Oc3ccc(Oc4ccc5ccccc5c4)cc3C3C(CCCCO)C(CCCCO)C=C(C(=NOCc4ccccc4)CC1N(C)S(=O)(=O)c1ccc(NC(C)=O)cc1)C32. The van der Waals surface area contributed by atoms with Gasteiger partial charge in [0, 0.05) is 50.8 Å². The summed E-state index contributed by atoms with van der Waals surface area (Å²) in [6, 6.07) is 34.8. The maximum Gasteiger partial charge on any atom is 0.243 e. The molecule has 0 spiro atoms. The number of unbranched alkanes of at least 4 members (excludes halogenated alkanes) is 2. The first-order valence-corrected chi connectivity index (χ1v) is 24.3. The van der Waals surface area contributed by atoms with Crippen molar-refractivity contribution >= 4 is 38.1 Å². The molecule has 8 rings (SSSR count). The molecular weight excluding hydrogens is 855 g/mol. The fraction of sp³-hybridized carbons (Fsp3) is 0.358. The van der Waals surface area contributed by atoms with Gasteiger partial charge in [-0.1, -0.05) is 90.8 Å². The standard InChI is InChI=1S/C53H59N3O9S/c1-4-30-62-53-50(56(3)66(60,61)44-25-21-41(22-26-44)54-36(2)59)34-48(55-63-35-37-14-6-5-7-15-37)46-32-40(18-10-12-28-57)45(19-11-13-29-58)51(52(46)53)47-33-43(24-27-49(47)65-53)64-42-23-20-38-16-8-9-17-39(38)31-42/h4-9,14-17,20-27,31-33,40,45,50-52,57-58H,1,10-13,18-19,28-30,34-35H2,2-3H3,(H,54,59). The van der Waals surface area contributed by atoms with Crippen molar-refractivity contribution in [2.45, 2.75) is 81.1 Å². The normalized spacial score (nSPS) is 22.8. The van der Waals surface area contributed by atoms with E-state index in [4.69, 9.17) is 24.2 Å². The summed E-state index contributed by atoms with van der Waals surface area (Å²) in [5, 5.41) is 29.7. The van der Waals surface area contributed by atoms with E-state index in [0.717, 1.165) is 53.2 Å². The molecule has 6 unspecified atom stereocenters. The molecule has 0 aromatic heterocycles. The number of sulfonamides is 1. The van der Waals surface area contributed by atoms with Gasteiger partial charge in [0.2, 0.25) is 21.7 Å². The van der Waals surface area contributed by atoms with Crippen LogP contribution in [-0.4, -0.2) is 73.3 Å². The first kappa shape index (κ1) is 46.7. The zero-order chi connectivity index (χ0) is 46.3. The molecule has 1 saturated carbocycles. The number of hydrogen-bond acceptors (Lipinski definition) is 10. The van der Waals surface area contributed by atoms with Crippen LogP contribution in [0.25, 0.3) is 10.8 Å². The minimum Gasteiger partial charge on any atom is -0.460 e. The van der Waals surface area contributed by atoms with Gasteiger partial charge in [0.25, 0.3) is 0 Å². The van der Waals surface area contributed by atoms with Crippen LogP contribution in [0.15, 0.2) is 150 Å². The number of rotatable bonds is 20. The molecule has 1 fully saturated rings. The first-order valence-electron chi connectivity index (χ1n) is 22.8. The van der Waals surface area contributed by atoms with E-state index in [2.05, 4.69) is 30.1 Å². The van der Waals surface area contributed by atoms with Crippen molar-refractivity contribution in [3.05, 3.63) is 151 Å². The maximum atomic E-state index is 15.0. The van der Waals surface area contributed by atoms with Crippen molar-refractivity contribution < 1.29 is 42.5 Å². The Kier molecular flexibility index (Phi) is 14.7.